The van der Waals surface area contributed by atoms with Crippen molar-refractivity contribution in [2.45, 2.75) is 31.2 Å². The van der Waals surface area contributed by atoms with Gasteiger partial charge in [0, 0.05) is 0 Å². The van der Waals surface area contributed by atoms with E-state index in [0.29, 0.717) is 24.3 Å². The Morgan fingerprint density at radius 1 is 0.690 bits per heavy atom. The van der Waals surface area contributed by atoms with E-state index in [0.717, 1.165) is 41.7 Å². The number of rotatable bonds is 9. The number of carboxylic acid groups (broad SMARTS) is 3. The normalized spacial score (nSPS) is 15.7. The van der Waals surface area contributed by atoms with E-state index in [1.165, 1.54) is 0 Å². The molecule has 0 saturated heterocycles. The standard InChI is InChI=1S/C33H27NO8/c35-29(24-17-26(31(38)39)27(32(40)41)18-25(24)30(36)37)34-33(15-7-10-21-9-4-5-14-28(21)33)19-20-8-6-13-23(16-20)42-22-11-2-1-3-12-22/h1-6,8-9,11-14,16-18H,7,10,15,19H2,(H,34,35)(H,36,37)(H,38,39)(H,40,41)/t33-/m0/s1. The molecule has 0 aliphatic heterocycles. The van der Waals surface area contributed by atoms with Crippen LogP contribution >= 0.6 is 0 Å². The van der Waals surface area contributed by atoms with Crippen molar-refractivity contribution in [2.24, 2.45) is 0 Å². The van der Waals surface area contributed by atoms with Crippen LogP contribution in [0.2, 0.25) is 0 Å². The zero-order valence-corrected chi connectivity index (χ0v) is 22.4. The number of carbonyl (C=O) groups is 4. The van der Waals surface area contributed by atoms with Gasteiger partial charge in [0.25, 0.3) is 5.91 Å². The van der Waals surface area contributed by atoms with Gasteiger partial charge in [-0.05, 0) is 78.8 Å². The molecular formula is C33H27NO8. The summed E-state index contributed by atoms with van der Waals surface area (Å²) in [4.78, 5) is 49.5. The topological polar surface area (TPSA) is 150 Å². The van der Waals surface area contributed by atoms with Gasteiger partial charge < -0.3 is 25.4 Å². The van der Waals surface area contributed by atoms with E-state index in [1.807, 2.05) is 78.9 Å². The smallest absolute Gasteiger partial charge is 0.336 e. The third-order valence-electron chi connectivity index (χ3n) is 7.41. The van der Waals surface area contributed by atoms with Gasteiger partial charge in [-0.2, -0.15) is 0 Å². The van der Waals surface area contributed by atoms with Crippen molar-refractivity contribution in [1.29, 1.82) is 0 Å². The number of carbonyl (C=O) groups excluding carboxylic acids is 1. The van der Waals surface area contributed by atoms with E-state index in [1.54, 1.807) is 0 Å². The fourth-order valence-electron chi connectivity index (χ4n) is 5.57. The van der Waals surface area contributed by atoms with Crippen LogP contribution in [0.5, 0.6) is 11.5 Å². The van der Waals surface area contributed by atoms with Crippen molar-refractivity contribution in [3.05, 3.63) is 130 Å². The SMILES string of the molecule is O=C(O)c1cc(C(=O)O)c(C(=O)N[C@]2(Cc3cccc(Oc4ccccc4)c3)CCCc3ccccc32)cc1C(=O)O. The number of hydrogen-bond donors (Lipinski definition) is 4. The highest BCUT2D eigenvalue weighted by atomic mass is 16.5. The summed E-state index contributed by atoms with van der Waals surface area (Å²) < 4.78 is 6.01. The molecular weight excluding hydrogens is 538 g/mol. The highest BCUT2D eigenvalue weighted by Crippen LogP contribution is 2.39. The highest BCUT2D eigenvalue weighted by molar-refractivity contribution is 6.10. The summed E-state index contributed by atoms with van der Waals surface area (Å²) >= 11 is 0. The van der Waals surface area contributed by atoms with Crippen LogP contribution in [0.3, 0.4) is 0 Å². The molecule has 0 fully saturated rings. The molecule has 9 heteroatoms. The maximum atomic E-state index is 13.9. The Bertz CT molecular complexity index is 1700. The number of benzene rings is 4. The van der Waals surface area contributed by atoms with E-state index in [4.69, 9.17) is 4.74 Å². The van der Waals surface area contributed by atoms with E-state index in [-0.39, 0.29) is 0 Å². The van der Waals surface area contributed by atoms with Crippen molar-refractivity contribution in [3.63, 3.8) is 0 Å². The Labute approximate surface area is 241 Å². The number of nitrogens with one attached hydrogen (secondary N) is 1. The Morgan fingerprint density at radius 3 is 1.98 bits per heavy atom. The Hall–Kier alpha value is -5.44. The quantitative estimate of drug-likeness (QED) is 0.200. The van der Waals surface area contributed by atoms with E-state index < -0.39 is 51.6 Å². The molecule has 0 heterocycles. The maximum Gasteiger partial charge on any atom is 0.336 e. The molecule has 0 aromatic heterocycles. The van der Waals surface area contributed by atoms with Gasteiger partial charge >= 0.3 is 17.9 Å². The molecule has 0 saturated carbocycles. The molecule has 4 aromatic carbocycles. The fourth-order valence-corrected chi connectivity index (χ4v) is 5.57. The Morgan fingerprint density at radius 2 is 1.29 bits per heavy atom. The van der Waals surface area contributed by atoms with Gasteiger partial charge in [0.1, 0.15) is 11.5 Å². The summed E-state index contributed by atoms with van der Waals surface area (Å²) in [5.41, 5.74) is -0.650. The molecule has 212 valence electrons. The molecule has 42 heavy (non-hydrogen) atoms. The molecule has 5 rings (SSSR count). The summed E-state index contributed by atoms with van der Waals surface area (Å²) in [5.74, 6) is -4.30. The molecule has 1 aliphatic rings. The molecule has 0 radical (unpaired) electrons. The average molecular weight is 566 g/mol. The van der Waals surface area contributed by atoms with Gasteiger partial charge in [-0.3, -0.25) is 4.79 Å². The van der Waals surface area contributed by atoms with Crippen LogP contribution in [-0.2, 0) is 18.4 Å². The number of para-hydroxylation sites is 1. The Kier molecular flexibility index (Phi) is 7.75. The monoisotopic (exact) mass is 565 g/mol. The predicted octanol–water partition coefficient (Wildman–Crippen LogP) is 5.78. The second-order valence-corrected chi connectivity index (χ2v) is 10.1. The van der Waals surface area contributed by atoms with Crippen LogP contribution in [0.25, 0.3) is 0 Å². The first-order valence-corrected chi connectivity index (χ1v) is 13.3. The third kappa shape index (κ3) is 5.71. The first-order chi connectivity index (χ1) is 20.2. The summed E-state index contributed by atoms with van der Waals surface area (Å²) in [6.45, 7) is 0. The number of aromatic carboxylic acids is 3. The van der Waals surface area contributed by atoms with Gasteiger partial charge in [-0.1, -0.05) is 54.6 Å². The number of amides is 1. The first kappa shape index (κ1) is 28.1. The molecule has 9 nitrogen and oxygen atoms in total. The number of aryl methyl sites for hydroxylation is 1. The van der Waals surface area contributed by atoms with Crippen molar-refractivity contribution >= 4 is 23.8 Å². The third-order valence-corrected chi connectivity index (χ3v) is 7.41. The van der Waals surface area contributed by atoms with Crippen molar-refractivity contribution in [3.8, 4) is 11.5 Å². The molecule has 1 aliphatic carbocycles. The second kappa shape index (κ2) is 11.6. The average Bonchev–Trinajstić information content (AvgIpc) is 2.97. The van der Waals surface area contributed by atoms with Gasteiger partial charge in [0.05, 0.1) is 27.8 Å². The summed E-state index contributed by atoms with van der Waals surface area (Å²) in [7, 11) is 0. The van der Waals surface area contributed by atoms with Gasteiger partial charge in [0.2, 0.25) is 0 Å². The highest BCUT2D eigenvalue weighted by Gasteiger charge is 2.39. The lowest BCUT2D eigenvalue weighted by molar-refractivity contribution is 0.0647. The van der Waals surface area contributed by atoms with Crippen molar-refractivity contribution < 1.29 is 39.2 Å². The number of ether oxygens (including phenoxy) is 1. The Balaban J connectivity index is 1.57. The minimum Gasteiger partial charge on any atom is -0.478 e. The first-order valence-electron chi connectivity index (χ1n) is 13.3. The lowest BCUT2D eigenvalue weighted by atomic mass is 9.73. The largest absolute Gasteiger partial charge is 0.478 e. The van der Waals surface area contributed by atoms with Gasteiger partial charge in [-0.25, -0.2) is 14.4 Å². The summed E-state index contributed by atoms with van der Waals surface area (Å²) in [5, 5.41) is 32.0. The maximum absolute atomic E-state index is 13.9. The zero-order valence-electron chi connectivity index (χ0n) is 22.4. The van der Waals surface area contributed by atoms with Crippen LogP contribution in [0.1, 0.15) is 71.0 Å². The molecule has 1 atom stereocenters. The zero-order chi connectivity index (χ0) is 29.9. The summed E-state index contributed by atoms with van der Waals surface area (Å²) in [6, 6.07) is 26.0. The van der Waals surface area contributed by atoms with E-state index >= 15 is 0 Å². The van der Waals surface area contributed by atoms with Crippen LogP contribution in [0.4, 0.5) is 0 Å². The van der Waals surface area contributed by atoms with Crippen LogP contribution in [0.15, 0.2) is 91.0 Å². The lowest BCUT2D eigenvalue weighted by Gasteiger charge is -2.40. The van der Waals surface area contributed by atoms with Crippen molar-refractivity contribution in [2.75, 3.05) is 0 Å². The van der Waals surface area contributed by atoms with E-state index in [9.17, 15) is 34.5 Å². The molecule has 0 bridgehead atoms. The molecule has 4 aromatic rings. The fraction of sp³-hybridized carbons (Fsp3) is 0.152. The summed E-state index contributed by atoms with van der Waals surface area (Å²) in [6.07, 6.45) is 2.40. The van der Waals surface area contributed by atoms with Crippen LogP contribution in [-0.4, -0.2) is 39.1 Å². The van der Waals surface area contributed by atoms with Gasteiger partial charge in [-0.15, -0.1) is 0 Å². The molecule has 0 unspecified atom stereocenters. The minimum atomic E-state index is -1.61. The van der Waals surface area contributed by atoms with Crippen LogP contribution in [0, 0.1) is 0 Å². The van der Waals surface area contributed by atoms with Crippen molar-refractivity contribution in [1.82, 2.24) is 5.32 Å². The lowest BCUT2D eigenvalue weighted by Crippen LogP contribution is -2.50. The number of fused-ring (bicyclic) bond motifs is 1. The molecule has 1 amide bonds. The van der Waals surface area contributed by atoms with Gasteiger partial charge in [0.15, 0.2) is 0 Å². The molecule has 4 N–H and O–H groups in total. The molecule has 0 spiro atoms. The van der Waals surface area contributed by atoms with E-state index in [2.05, 4.69) is 5.32 Å². The predicted molar refractivity (Wildman–Crippen MR) is 153 cm³/mol. The number of carboxylic acids is 3. The minimum absolute atomic E-state index is 0.336. The van der Waals surface area contributed by atoms with Crippen LogP contribution < -0.4 is 10.1 Å². The second-order valence-electron chi connectivity index (χ2n) is 10.1. The number of hydrogen-bond acceptors (Lipinski definition) is 5.